The molecule has 1 aromatic carbocycles. The Hall–Kier alpha value is -0.860. The first-order valence-electron chi connectivity index (χ1n) is 6.18. The van der Waals surface area contributed by atoms with Crippen LogP contribution in [0.15, 0.2) is 24.3 Å². The minimum absolute atomic E-state index is 0.292. The maximum absolute atomic E-state index is 11.7. The van der Waals surface area contributed by atoms with Gasteiger partial charge in [-0.05, 0) is 37.1 Å². The van der Waals surface area contributed by atoms with Crippen LogP contribution in [0.5, 0.6) is 0 Å². The van der Waals surface area contributed by atoms with Gasteiger partial charge in [-0.2, -0.15) is 0 Å². The lowest BCUT2D eigenvalue weighted by Gasteiger charge is -2.02. The fraction of sp³-hybridized carbons (Fsp3) is 0.500. The summed E-state index contributed by atoms with van der Waals surface area (Å²) in [4.78, 5) is 11.7. The Bertz CT molecular complexity index is 352. The van der Waals surface area contributed by atoms with Crippen molar-refractivity contribution in [1.29, 1.82) is 0 Å². The van der Waals surface area contributed by atoms with E-state index in [4.69, 9.17) is 17.3 Å². The molecule has 0 aliphatic rings. The Morgan fingerprint density at radius 1 is 1.18 bits per heavy atom. The van der Waals surface area contributed by atoms with Gasteiger partial charge >= 0.3 is 0 Å². The second-order valence-corrected chi connectivity index (χ2v) is 4.73. The van der Waals surface area contributed by atoms with Crippen LogP contribution in [0.4, 0.5) is 0 Å². The zero-order valence-corrected chi connectivity index (χ0v) is 10.9. The van der Waals surface area contributed by atoms with Gasteiger partial charge in [0.1, 0.15) is 5.78 Å². The molecule has 17 heavy (non-hydrogen) atoms. The van der Waals surface area contributed by atoms with Crippen molar-refractivity contribution in [2.24, 2.45) is 5.73 Å². The maximum atomic E-state index is 11.7. The van der Waals surface area contributed by atoms with Crippen molar-refractivity contribution in [2.45, 2.75) is 38.5 Å². The zero-order valence-electron chi connectivity index (χ0n) is 10.1. The van der Waals surface area contributed by atoms with E-state index in [0.717, 1.165) is 37.8 Å². The maximum Gasteiger partial charge on any atom is 0.137 e. The summed E-state index contributed by atoms with van der Waals surface area (Å²) in [7, 11) is 0. The summed E-state index contributed by atoms with van der Waals surface area (Å²) in [5, 5.41) is 0.693. The van der Waals surface area contributed by atoms with Gasteiger partial charge in [0.25, 0.3) is 0 Å². The predicted octanol–water partition coefficient (Wildman–Crippen LogP) is 3.36. The Balaban J connectivity index is 2.21. The number of hydrogen-bond donors (Lipinski definition) is 1. The minimum Gasteiger partial charge on any atom is -0.330 e. The van der Waals surface area contributed by atoms with Gasteiger partial charge in [-0.15, -0.1) is 0 Å². The molecule has 0 atom stereocenters. The SMILES string of the molecule is NCCCCCCC(=O)Cc1cccc(Cl)c1. The molecule has 0 aromatic heterocycles. The third-order valence-electron chi connectivity index (χ3n) is 2.70. The summed E-state index contributed by atoms with van der Waals surface area (Å²) in [6.45, 7) is 0.746. The molecule has 0 aliphatic heterocycles. The Morgan fingerprint density at radius 3 is 2.65 bits per heavy atom. The van der Waals surface area contributed by atoms with Gasteiger partial charge in [0, 0.05) is 17.9 Å². The molecule has 94 valence electrons. The van der Waals surface area contributed by atoms with E-state index in [0.29, 0.717) is 23.6 Å². The number of ketones is 1. The van der Waals surface area contributed by atoms with E-state index in [1.807, 2.05) is 24.3 Å². The first kappa shape index (κ1) is 14.2. The largest absolute Gasteiger partial charge is 0.330 e. The number of rotatable bonds is 8. The van der Waals surface area contributed by atoms with Crippen LogP contribution in [0.2, 0.25) is 5.02 Å². The predicted molar refractivity (Wildman–Crippen MR) is 72.3 cm³/mol. The summed E-state index contributed by atoms with van der Waals surface area (Å²) < 4.78 is 0. The second-order valence-electron chi connectivity index (χ2n) is 4.30. The highest BCUT2D eigenvalue weighted by molar-refractivity contribution is 6.30. The first-order chi connectivity index (χ1) is 8.22. The van der Waals surface area contributed by atoms with Crippen molar-refractivity contribution in [1.82, 2.24) is 0 Å². The smallest absolute Gasteiger partial charge is 0.137 e. The van der Waals surface area contributed by atoms with E-state index in [1.54, 1.807) is 0 Å². The van der Waals surface area contributed by atoms with Crippen LogP contribution >= 0.6 is 11.6 Å². The molecule has 2 N–H and O–H groups in total. The van der Waals surface area contributed by atoms with Gasteiger partial charge in [-0.25, -0.2) is 0 Å². The van der Waals surface area contributed by atoms with Crippen LogP contribution in [-0.2, 0) is 11.2 Å². The van der Waals surface area contributed by atoms with Gasteiger partial charge in [0.05, 0.1) is 0 Å². The van der Waals surface area contributed by atoms with Crippen LogP contribution in [-0.4, -0.2) is 12.3 Å². The standard InChI is InChI=1S/C14H20ClNO/c15-13-7-5-6-12(10-13)11-14(17)8-3-1-2-4-9-16/h5-7,10H,1-4,8-9,11,16H2. The average molecular weight is 254 g/mol. The summed E-state index contributed by atoms with van der Waals surface area (Å²) in [5.74, 6) is 0.292. The molecule has 1 aromatic rings. The number of Topliss-reactive ketones (excluding diaryl/α,β-unsaturated/α-hetero) is 1. The van der Waals surface area contributed by atoms with Crippen molar-refractivity contribution < 1.29 is 4.79 Å². The van der Waals surface area contributed by atoms with Crippen LogP contribution in [0.3, 0.4) is 0 Å². The molecular weight excluding hydrogens is 234 g/mol. The average Bonchev–Trinajstić information content (AvgIpc) is 2.29. The number of hydrogen-bond acceptors (Lipinski definition) is 2. The molecule has 0 amide bonds. The van der Waals surface area contributed by atoms with Crippen LogP contribution in [0.25, 0.3) is 0 Å². The Kier molecular flexibility index (Phi) is 6.90. The molecule has 3 heteroatoms. The lowest BCUT2D eigenvalue weighted by molar-refractivity contribution is -0.118. The van der Waals surface area contributed by atoms with Crippen molar-refractivity contribution in [3.8, 4) is 0 Å². The minimum atomic E-state index is 0.292. The number of halogens is 1. The van der Waals surface area contributed by atoms with Crippen LogP contribution in [0.1, 0.15) is 37.7 Å². The molecule has 0 heterocycles. The van der Waals surface area contributed by atoms with Gasteiger partial charge in [0.2, 0.25) is 0 Å². The molecule has 0 spiro atoms. The fourth-order valence-electron chi connectivity index (χ4n) is 1.78. The zero-order chi connectivity index (χ0) is 12.5. The highest BCUT2D eigenvalue weighted by Gasteiger charge is 2.03. The van der Waals surface area contributed by atoms with Crippen molar-refractivity contribution in [3.05, 3.63) is 34.9 Å². The fourth-order valence-corrected chi connectivity index (χ4v) is 2.00. The monoisotopic (exact) mass is 253 g/mol. The summed E-state index contributed by atoms with van der Waals surface area (Å²) >= 11 is 5.87. The Labute approximate surface area is 108 Å². The van der Waals surface area contributed by atoms with E-state index < -0.39 is 0 Å². The van der Waals surface area contributed by atoms with Crippen LogP contribution in [0, 0.1) is 0 Å². The van der Waals surface area contributed by atoms with E-state index in [1.165, 1.54) is 0 Å². The number of benzene rings is 1. The highest BCUT2D eigenvalue weighted by Crippen LogP contribution is 2.12. The normalized spacial score (nSPS) is 10.5. The molecule has 1 rings (SSSR count). The van der Waals surface area contributed by atoms with Gasteiger partial charge in [0.15, 0.2) is 0 Å². The third kappa shape index (κ3) is 6.44. The molecule has 0 saturated heterocycles. The van der Waals surface area contributed by atoms with E-state index >= 15 is 0 Å². The third-order valence-corrected chi connectivity index (χ3v) is 2.94. The molecule has 0 bridgehead atoms. The van der Waals surface area contributed by atoms with Gasteiger partial charge < -0.3 is 5.73 Å². The molecule has 0 radical (unpaired) electrons. The van der Waals surface area contributed by atoms with Crippen molar-refractivity contribution >= 4 is 17.4 Å². The molecule has 0 fully saturated rings. The number of carbonyl (C=O) groups excluding carboxylic acids is 1. The van der Waals surface area contributed by atoms with Crippen molar-refractivity contribution in [3.63, 3.8) is 0 Å². The number of nitrogens with two attached hydrogens (primary N) is 1. The molecule has 0 unspecified atom stereocenters. The lowest BCUT2D eigenvalue weighted by Crippen LogP contribution is -2.03. The highest BCUT2D eigenvalue weighted by atomic mass is 35.5. The van der Waals surface area contributed by atoms with Crippen LogP contribution < -0.4 is 5.73 Å². The lowest BCUT2D eigenvalue weighted by atomic mass is 10.0. The topological polar surface area (TPSA) is 43.1 Å². The van der Waals surface area contributed by atoms with Gasteiger partial charge in [-0.1, -0.05) is 36.6 Å². The number of carbonyl (C=O) groups is 1. The van der Waals surface area contributed by atoms with Crippen molar-refractivity contribution in [2.75, 3.05) is 6.54 Å². The van der Waals surface area contributed by atoms with Gasteiger partial charge in [-0.3, -0.25) is 4.79 Å². The molecular formula is C14H20ClNO. The Morgan fingerprint density at radius 2 is 1.94 bits per heavy atom. The van der Waals surface area contributed by atoms with E-state index in [-0.39, 0.29) is 0 Å². The van der Waals surface area contributed by atoms with E-state index in [9.17, 15) is 4.79 Å². The molecule has 0 aliphatic carbocycles. The second kappa shape index (κ2) is 8.26. The first-order valence-corrected chi connectivity index (χ1v) is 6.56. The number of unbranched alkanes of at least 4 members (excludes halogenated alkanes) is 3. The van der Waals surface area contributed by atoms with E-state index in [2.05, 4.69) is 0 Å². The summed E-state index contributed by atoms with van der Waals surface area (Å²) in [6, 6.07) is 7.50. The summed E-state index contributed by atoms with van der Waals surface area (Å²) in [5.41, 5.74) is 6.41. The summed E-state index contributed by atoms with van der Waals surface area (Å²) in [6.07, 6.45) is 5.41. The molecule has 0 saturated carbocycles. The quantitative estimate of drug-likeness (QED) is 0.722. The molecule has 2 nitrogen and oxygen atoms in total.